The zero-order valence-corrected chi connectivity index (χ0v) is 24.2. The van der Waals surface area contributed by atoms with Gasteiger partial charge < -0.3 is 20.5 Å². The van der Waals surface area contributed by atoms with Crippen LogP contribution in [0, 0.1) is 17.8 Å². The van der Waals surface area contributed by atoms with E-state index in [0.29, 0.717) is 25.1 Å². The first kappa shape index (κ1) is 28.8. The van der Waals surface area contributed by atoms with Crippen LogP contribution in [0.5, 0.6) is 0 Å². The summed E-state index contributed by atoms with van der Waals surface area (Å²) in [6, 6.07) is 16.8. The lowest BCUT2D eigenvalue weighted by molar-refractivity contribution is -0.141. The molecule has 224 valence electrons. The van der Waals surface area contributed by atoms with Crippen LogP contribution in [0.15, 0.2) is 60.7 Å². The van der Waals surface area contributed by atoms with Gasteiger partial charge in [-0.15, -0.1) is 0 Å². The Morgan fingerprint density at radius 3 is 2.51 bits per heavy atom. The number of aromatic amines is 1. The van der Waals surface area contributed by atoms with Crippen LogP contribution in [0.1, 0.15) is 67.4 Å². The number of rotatable bonds is 9. The number of amides is 3. The molecule has 9 heteroatoms. The molecule has 6 rings (SSSR count). The fraction of sp³-hybridized carbons (Fsp3) is 0.441. The average Bonchev–Trinajstić information content (AvgIpc) is 3.75. The summed E-state index contributed by atoms with van der Waals surface area (Å²) >= 11 is 0. The van der Waals surface area contributed by atoms with Gasteiger partial charge in [-0.1, -0.05) is 61.4 Å². The predicted molar refractivity (Wildman–Crippen MR) is 161 cm³/mol. The third kappa shape index (κ3) is 6.12. The largest absolute Gasteiger partial charge is 0.351 e. The smallest absolute Gasteiger partial charge is 0.289 e. The van der Waals surface area contributed by atoms with E-state index >= 15 is 0 Å². The van der Waals surface area contributed by atoms with Crippen LogP contribution in [0.4, 0.5) is 0 Å². The monoisotopic (exact) mass is 582 g/mol. The van der Waals surface area contributed by atoms with Crippen molar-refractivity contribution in [2.45, 2.75) is 70.0 Å². The van der Waals surface area contributed by atoms with Crippen molar-refractivity contribution in [2.24, 2.45) is 17.8 Å². The summed E-state index contributed by atoms with van der Waals surface area (Å²) < 4.78 is 0. The Bertz CT molecular complexity index is 1500. The molecule has 0 radical (unpaired) electrons. The fourth-order valence-corrected chi connectivity index (χ4v) is 7.29. The van der Waals surface area contributed by atoms with Crippen LogP contribution in [0.25, 0.3) is 10.9 Å². The van der Waals surface area contributed by atoms with Crippen LogP contribution in [-0.4, -0.2) is 57.8 Å². The number of aromatic nitrogens is 1. The van der Waals surface area contributed by atoms with Gasteiger partial charge >= 0.3 is 0 Å². The molecule has 1 aromatic heterocycles. The number of carbonyl (C=O) groups excluding carboxylic acids is 5. The highest BCUT2D eigenvalue weighted by Gasteiger charge is 2.50. The Hall–Kier alpha value is -4.27. The number of nitrogens with zero attached hydrogens (tertiary/aromatic N) is 1. The molecule has 1 saturated heterocycles. The van der Waals surface area contributed by atoms with E-state index in [1.165, 1.54) is 0 Å². The van der Waals surface area contributed by atoms with Crippen LogP contribution in [0.2, 0.25) is 0 Å². The summed E-state index contributed by atoms with van der Waals surface area (Å²) in [6.07, 6.45) is 5.57. The number of likely N-dealkylation sites (tertiary alicyclic amines) is 1. The molecule has 2 aliphatic carbocycles. The lowest BCUT2D eigenvalue weighted by Gasteiger charge is -2.30. The molecule has 3 aliphatic rings. The van der Waals surface area contributed by atoms with Crippen molar-refractivity contribution in [1.29, 1.82) is 0 Å². The zero-order valence-electron chi connectivity index (χ0n) is 24.2. The molecule has 3 fully saturated rings. The van der Waals surface area contributed by atoms with Crippen molar-refractivity contribution in [1.82, 2.24) is 20.5 Å². The molecule has 1 aliphatic heterocycles. The minimum atomic E-state index is -1.15. The molecular formula is C34H38N4O5. The Kier molecular flexibility index (Phi) is 8.40. The van der Waals surface area contributed by atoms with E-state index in [-0.39, 0.29) is 36.5 Å². The third-order valence-corrected chi connectivity index (χ3v) is 9.53. The Morgan fingerprint density at radius 2 is 1.72 bits per heavy atom. The van der Waals surface area contributed by atoms with E-state index in [9.17, 15) is 24.0 Å². The van der Waals surface area contributed by atoms with Crippen LogP contribution < -0.4 is 10.6 Å². The van der Waals surface area contributed by atoms with E-state index in [0.717, 1.165) is 48.6 Å². The molecule has 3 aromatic rings. The van der Waals surface area contributed by atoms with Gasteiger partial charge in [0.05, 0.1) is 6.04 Å². The molecule has 5 atom stereocenters. The lowest BCUT2D eigenvalue weighted by atomic mass is 9.82. The predicted octanol–water partition coefficient (Wildman–Crippen LogP) is 3.93. The van der Waals surface area contributed by atoms with E-state index in [2.05, 4.69) is 15.6 Å². The standard InChI is InChI=1S/C34H38N4O5/c39-29-16-7-5-12-23(29)18-27(31(40)33(42)35-19-21-9-2-1-3-10-21)37-32(41)30-25-14-8-13-24(25)20-38(30)34(43)28-17-22-11-4-6-15-26(22)36-28/h1-4,6,9-11,15,17,23-25,27,30,36H,5,7-8,12-14,16,18-20H2,(H,35,42)(H,37,41)/t23-,24-,25-,27-,30-/m0/s1. The molecule has 2 heterocycles. The molecule has 2 saturated carbocycles. The molecule has 9 nitrogen and oxygen atoms in total. The summed E-state index contributed by atoms with van der Waals surface area (Å²) in [4.78, 5) is 72.0. The fourth-order valence-electron chi connectivity index (χ4n) is 7.29. The second-order valence-corrected chi connectivity index (χ2v) is 12.3. The molecule has 0 spiro atoms. The van der Waals surface area contributed by atoms with Crippen LogP contribution in [0.3, 0.4) is 0 Å². The van der Waals surface area contributed by atoms with E-state index in [1.54, 1.807) is 11.0 Å². The minimum Gasteiger partial charge on any atom is -0.351 e. The lowest BCUT2D eigenvalue weighted by Crippen LogP contribution is -2.55. The van der Waals surface area contributed by atoms with E-state index in [1.807, 2.05) is 54.6 Å². The van der Waals surface area contributed by atoms with E-state index in [4.69, 9.17) is 0 Å². The van der Waals surface area contributed by atoms with Gasteiger partial charge in [-0.05, 0) is 61.6 Å². The first-order valence-corrected chi connectivity index (χ1v) is 15.5. The highest BCUT2D eigenvalue weighted by molar-refractivity contribution is 6.38. The van der Waals surface area contributed by atoms with Gasteiger partial charge in [-0.2, -0.15) is 0 Å². The number of ketones is 2. The summed E-state index contributed by atoms with van der Waals surface area (Å²) in [5.41, 5.74) is 2.10. The molecule has 2 aromatic carbocycles. The Morgan fingerprint density at radius 1 is 0.930 bits per heavy atom. The number of hydrogen-bond donors (Lipinski definition) is 3. The maximum Gasteiger partial charge on any atom is 0.289 e. The van der Waals surface area contributed by atoms with Gasteiger partial charge in [0, 0.05) is 36.3 Å². The second kappa shape index (κ2) is 12.5. The van der Waals surface area contributed by atoms with Crippen molar-refractivity contribution in [3.05, 3.63) is 71.9 Å². The third-order valence-electron chi connectivity index (χ3n) is 9.53. The second-order valence-electron chi connectivity index (χ2n) is 12.3. The van der Waals surface area contributed by atoms with Gasteiger partial charge in [-0.25, -0.2) is 0 Å². The average molecular weight is 583 g/mol. The minimum absolute atomic E-state index is 0.0210. The maximum atomic E-state index is 14.1. The summed E-state index contributed by atoms with van der Waals surface area (Å²) in [5.74, 6) is -2.40. The van der Waals surface area contributed by atoms with Gasteiger partial charge in [0.25, 0.3) is 11.8 Å². The number of para-hydroxylation sites is 1. The molecule has 43 heavy (non-hydrogen) atoms. The SMILES string of the molecule is O=C(NCc1ccccc1)C(=O)[C@H](C[C@@H]1CCCCC1=O)NC(=O)[C@@H]1[C@H]2CCC[C@H]2CN1C(=O)c1cc2ccccc2[nH]1. The van der Waals surface area contributed by atoms with E-state index < -0.39 is 35.6 Å². The first-order valence-electron chi connectivity index (χ1n) is 15.5. The Labute approximate surface area is 250 Å². The molecular weight excluding hydrogens is 544 g/mol. The number of hydrogen-bond acceptors (Lipinski definition) is 5. The van der Waals surface area contributed by atoms with Gasteiger partial charge in [0.1, 0.15) is 17.5 Å². The molecule has 3 amide bonds. The highest BCUT2D eigenvalue weighted by Crippen LogP contribution is 2.43. The zero-order chi connectivity index (χ0) is 29.9. The summed E-state index contributed by atoms with van der Waals surface area (Å²) in [7, 11) is 0. The maximum absolute atomic E-state index is 14.1. The van der Waals surface area contributed by atoms with Crippen molar-refractivity contribution in [2.75, 3.05) is 6.54 Å². The molecule has 0 bridgehead atoms. The van der Waals surface area contributed by atoms with Crippen molar-refractivity contribution >= 4 is 40.2 Å². The first-order chi connectivity index (χ1) is 20.9. The van der Waals surface area contributed by atoms with Crippen molar-refractivity contribution in [3.63, 3.8) is 0 Å². The van der Waals surface area contributed by atoms with Gasteiger partial charge in [0.2, 0.25) is 11.7 Å². The normalized spacial score (nSPS) is 24.0. The number of H-pyrrole nitrogens is 1. The number of carbonyl (C=O) groups is 5. The Balaban J connectivity index is 1.22. The van der Waals surface area contributed by atoms with Crippen molar-refractivity contribution in [3.8, 4) is 0 Å². The number of Topliss-reactive ketones (excluding diaryl/α,β-unsaturated/α-hetero) is 2. The number of fused-ring (bicyclic) bond motifs is 2. The molecule has 3 N–H and O–H groups in total. The number of nitrogens with one attached hydrogen (secondary N) is 3. The summed E-state index contributed by atoms with van der Waals surface area (Å²) in [5, 5.41) is 6.46. The quantitative estimate of drug-likeness (QED) is 0.330. The van der Waals surface area contributed by atoms with Crippen LogP contribution >= 0.6 is 0 Å². The molecule has 0 unspecified atom stereocenters. The van der Waals surface area contributed by atoms with Gasteiger partial charge in [0.15, 0.2) is 0 Å². The topological polar surface area (TPSA) is 128 Å². The summed E-state index contributed by atoms with van der Waals surface area (Å²) in [6.45, 7) is 0.641. The van der Waals surface area contributed by atoms with Gasteiger partial charge in [-0.3, -0.25) is 24.0 Å². The number of benzene rings is 2. The highest BCUT2D eigenvalue weighted by atomic mass is 16.2. The van der Waals surface area contributed by atoms with Crippen molar-refractivity contribution < 1.29 is 24.0 Å². The van der Waals surface area contributed by atoms with Crippen LogP contribution in [-0.2, 0) is 25.7 Å².